The highest BCUT2D eigenvalue weighted by Crippen LogP contribution is 2.18. The van der Waals surface area contributed by atoms with Crippen LogP contribution in [0, 0.1) is 13.8 Å². The quantitative estimate of drug-likeness (QED) is 0.848. The first-order chi connectivity index (χ1) is 7.95. The van der Waals surface area contributed by atoms with E-state index < -0.39 is 6.10 Å². The van der Waals surface area contributed by atoms with E-state index in [1.165, 1.54) is 11.1 Å². The van der Waals surface area contributed by atoms with Gasteiger partial charge in [0.05, 0.1) is 6.10 Å². The molecular formula is C15H25NO. The van der Waals surface area contributed by atoms with Crippen molar-refractivity contribution in [1.29, 1.82) is 0 Å². The Balaban J connectivity index is 2.75. The minimum atomic E-state index is -0.392. The van der Waals surface area contributed by atoms with Gasteiger partial charge in [-0.2, -0.15) is 0 Å². The largest absolute Gasteiger partial charge is 0.387 e. The minimum absolute atomic E-state index is 0.392. The number of benzene rings is 1. The molecule has 96 valence electrons. The van der Waals surface area contributed by atoms with Crippen LogP contribution in [0.15, 0.2) is 18.2 Å². The van der Waals surface area contributed by atoms with E-state index in [1.54, 1.807) is 0 Å². The van der Waals surface area contributed by atoms with E-state index in [1.807, 2.05) is 6.07 Å². The van der Waals surface area contributed by atoms with Crippen molar-refractivity contribution < 1.29 is 5.11 Å². The molecule has 0 aromatic heterocycles. The molecule has 0 fully saturated rings. The first-order valence-electron chi connectivity index (χ1n) is 6.45. The molecule has 0 aliphatic heterocycles. The van der Waals surface area contributed by atoms with Crippen molar-refractivity contribution in [3.63, 3.8) is 0 Å². The monoisotopic (exact) mass is 235 g/mol. The summed E-state index contributed by atoms with van der Waals surface area (Å²) in [6.45, 7) is 12.3. The number of rotatable bonds is 5. The average Bonchev–Trinajstić information content (AvgIpc) is 2.28. The Kier molecular flexibility index (Phi) is 5.16. The van der Waals surface area contributed by atoms with Crippen molar-refractivity contribution in [2.75, 3.05) is 13.1 Å². The molecule has 0 saturated heterocycles. The highest BCUT2D eigenvalue weighted by atomic mass is 16.3. The summed E-state index contributed by atoms with van der Waals surface area (Å²) in [5.41, 5.74) is 3.54. The molecule has 2 nitrogen and oxygen atoms in total. The van der Waals surface area contributed by atoms with Gasteiger partial charge in [-0.25, -0.2) is 0 Å². The Morgan fingerprint density at radius 3 is 2.29 bits per heavy atom. The molecule has 1 aromatic rings. The van der Waals surface area contributed by atoms with Crippen LogP contribution in [0.5, 0.6) is 0 Å². The van der Waals surface area contributed by atoms with Crippen LogP contribution in [0.25, 0.3) is 0 Å². The number of hydrogen-bond donors (Lipinski definition) is 1. The van der Waals surface area contributed by atoms with Crippen LogP contribution in [-0.4, -0.2) is 29.1 Å². The molecule has 0 radical (unpaired) electrons. The second kappa shape index (κ2) is 6.18. The molecule has 1 N–H and O–H groups in total. The highest BCUT2D eigenvalue weighted by Gasteiger charge is 2.14. The van der Waals surface area contributed by atoms with E-state index in [0.717, 1.165) is 12.1 Å². The number of nitrogens with zero attached hydrogens (tertiary/aromatic N) is 1. The van der Waals surface area contributed by atoms with Gasteiger partial charge in [0.15, 0.2) is 0 Å². The van der Waals surface area contributed by atoms with Gasteiger partial charge in [-0.05, 0) is 50.9 Å². The van der Waals surface area contributed by atoms with Crippen molar-refractivity contribution in [2.45, 2.75) is 46.8 Å². The zero-order valence-corrected chi connectivity index (χ0v) is 11.7. The molecule has 1 unspecified atom stereocenters. The lowest BCUT2D eigenvalue weighted by Gasteiger charge is -2.27. The number of likely N-dealkylation sites (N-methyl/N-ethyl adjacent to an activating group) is 1. The minimum Gasteiger partial charge on any atom is -0.387 e. The van der Waals surface area contributed by atoms with Gasteiger partial charge in [-0.3, -0.25) is 4.90 Å². The summed E-state index contributed by atoms with van der Waals surface area (Å²) in [7, 11) is 0. The average molecular weight is 235 g/mol. The van der Waals surface area contributed by atoms with Gasteiger partial charge in [0, 0.05) is 12.6 Å². The number of aryl methyl sites for hydroxylation is 2. The standard InChI is InChI=1S/C15H25NO/c1-6-16(11(2)3)10-15(17)14-8-7-12(4)13(5)9-14/h7-9,11,15,17H,6,10H2,1-5H3. The van der Waals surface area contributed by atoms with Crippen LogP contribution >= 0.6 is 0 Å². The lowest BCUT2D eigenvalue weighted by atomic mass is 10.0. The number of aliphatic hydroxyl groups is 1. The zero-order valence-electron chi connectivity index (χ0n) is 11.7. The Labute approximate surface area is 105 Å². The number of hydrogen-bond acceptors (Lipinski definition) is 2. The maximum Gasteiger partial charge on any atom is 0.0917 e. The molecule has 0 spiro atoms. The first kappa shape index (κ1) is 14.2. The Bertz CT molecular complexity index is 360. The molecule has 0 aliphatic rings. The molecular weight excluding hydrogens is 210 g/mol. The molecule has 1 aromatic carbocycles. The van der Waals surface area contributed by atoms with E-state index in [4.69, 9.17) is 0 Å². The van der Waals surface area contributed by atoms with Crippen LogP contribution in [0.1, 0.15) is 43.6 Å². The van der Waals surface area contributed by atoms with E-state index in [2.05, 4.69) is 51.7 Å². The zero-order chi connectivity index (χ0) is 13.0. The number of aliphatic hydroxyl groups excluding tert-OH is 1. The van der Waals surface area contributed by atoms with Crippen LogP contribution < -0.4 is 0 Å². The predicted octanol–water partition coefficient (Wildman–Crippen LogP) is 3.07. The second-order valence-electron chi connectivity index (χ2n) is 5.04. The van der Waals surface area contributed by atoms with Crippen molar-refractivity contribution in [1.82, 2.24) is 4.90 Å². The summed E-state index contributed by atoms with van der Waals surface area (Å²) in [5.74, 6) is 0. The Morgan fingerprint density at radius 1 is 1.18 bits per heavy atom. The van der Waals surface area contributed by atoms with Crippen LogP contribution in [0.2, 0.25) is 0 Å². The van der Waals surface area contributed by atoms with Crippen LogP contribution in [-0.2, 0) is 0 Å². The fourth-order valence-electron chi connectivity index (χ4n) is 2.00. The molecule has 2 heteroatoms. The first-order valence-corrected chi connectivity index (χ1v) is 6.45. The third-order valence-corrected chi connectivity index (χ3v) is 3.46. The molecule has 0 amide bonds. The van der Waals surface area contributed by atoms with Gasteiger partial charge in [0.1, 0.15) is 0 Å². The lowest BCUT2D eigenvalue weighted by Crippen LogP contribution is -2.34. The molecule has 0 aliphatic carbocycles. The van der Waals surface area contributed by atoms with Gasteiger partial charge in [0.2, 0.25) is 0 Å². The van der Waals surface area contributed by atoms with Crippen LogP contribution in [0.3, 0.4) is 0 Å². The maximum absolute atomic E-state index is 10.2. The maximum atomic E-state index is 10.2. The molecule has 0 bridgehead atoms. The van der Waals surface area contributed by atoms with Gasteiger partial charge >= 0.3 is 0 Å². The van der Waals surface area contributed by atoms with Crippen molar-refractivity contribution in [3.8, 4) is 0 Å². The normalized spacial score (nSPS) is 13.4. The summed E-state index contributed by atoms with van der Waals surface area (Å²) in [4.78, 5) is 2.28. The molecule has 1 rings (SSSR count). The lowest BCUT2D eigenvalue weighted by molar-refractivity contribution is 0.0991. The van der Waals surface area contributed by atoms with Crippen LogP contribution in [0.4, 0.5) is 0 Å². The third kappa shape index (κ3) is 3.83. The fourth-order valence-corrected chi connectivity index (χ4v) is 2.00. The smallest absolute Gasteiger partial charge is 0.0917 e. The van der Waals surface area contributed by atoms with Crippen molar-refractivity contribution >= 4 is 0 Å². The van der Waals surface area contributed by atoms with Crippen molar-refractivity contribution in [3.05, 3.63) is 34.9 Å². The van der Waals surface area contributed by atoms with Crippen molar-refractivity contribution in [2.24, 2.45) is 0 Å². The van der Waals surface area contributed by atoms with Gasteiger partial charge in [-0.1, -0.05) is 25.1 Å². The van der Waals surface area contributed by atoms with E-state index in [-0.39, 0.29) is 0 Å². The summed E-state index contributed by atoms with van der Waals surface area (Å²) >= 11 is 0. The summed E-state index contributed by atoms with van der Waals surface area (Å²) in [5, 5.41) is 10.2. The third-order valence-electron chi connectivity index (χ3n) is 3.46. The van der Waals surface area contributed by atoms with Gasteiger partial charge < -0.3 is 5.11 Å². The summed E-state index contributed by atoms with van der Waals surface area (Å²) in [6.07, 6.45) is -0.392. The topological polar surface area (TPSA) is 23.5 Å². The fraction of sp³-hybridized carbons (Fsp3) is 0.600. The highest BCUT2D eigenvalue weighted by molar-refractivity contribution is 5.31. The molecule has 0 saturated carbocycles. The molecule has 17 heavy (non-hydrogen) atoms. The molecule has 0 heterocycles. The van der Waals surface area contributed by atoms with E-state index >= 15 is 0 Å². The summed E-state index contributed by atoms with van der Waals surface area (Å²) < 4.78 is 0. The molecule has 1 atom stereocenters. The van der Waals surface area contributed by atoms with Gasteiger partial charge in [0.25, 0.3) is 0 Å². The Morgan fingerprint density at radius 2 is 1.82 bits per heavy atom. The predicted molar refractivity (Wildman–Crippen MR) is 73.3 cm³/mol. The Hall–Kier alpha value is -0.860. The van der Waals surface area contributed by atoms with Gasteiger partial charge in [-0.15, -0.1) is 0 Å². The van der Waals surface area contributed by atoms with E-state index in [9.17, 15) is 5.11 Å². The summed E-state index contributed by atoms with van der Waals surface area (Å²) in [6, 6.07) is 6.68. The SMILES string of the molecule is CCN(CC(O)c1ccc(C)c(C)c1)C(C)C. The van der Waals surface area contributed by atoms with E-state index in [0.29, 0.717) is 12.6 Å². The second-order valence-corrected chi connectivity index (χ2v) is 5.04.